The summed E-state index contributed by atoms with van der Waals surface area (Å²) in [6.45, 7) is 0.431. The third kappa shape index (κ3) is 8.00. The van der Waals surface area contributed by atoms with Crippen LogP contribution in [-0.2, 0) is 27.2 Å². The predicted molar refractivity (Wildman–Crippen MR) is 116 cm³/mol. The number of nitrogens with two attached hydrogens (primary N) is 2. The van der Waals surface area contributed by atoms with Crippen molar-refractivity contribution in [2.75, 3.05) is 6.54 Å². The Morgan fingerprint density at radius 2 is 1.72 bits per heavy atom. The second kappa shape index (κ2) is 12.4. The number of phenolic OH excluding ortho intramolecular Hbond substituents is 1. The molecule has 1 aromatic carbocycles. The highest BCUT2D eigenvalue weighted by atomic mass is 16.4. The number of carbonyl (C=O) groups excluding carboxylic acids is 2. The lowest BCUT2D eigenvalue weighted by atomic mass is 10.0. The molecule has 3 atom stereocenters. The van der Waals surface area contributed by atoms with Crippen molar-refractivity contribution in [2.45, 2.75) is 50.2 Å². The van der Waals surface area contributed by atoms with E-state index in [4.69, 9.17) is 11.5 Å². The van der Waals surface area contributed by atoms with E-state index in [1.54, 1.807) is 18.3 Å². The zero-order valence-corrected chi connectivity index (χ0v) is 17.7. The van der Waals surface area contributed by atoms with Crippen molar-refractivity contribution >= 4 is 17.8 Å². The largest absolute Gasteiger partial charge is 0.508 e. The summed E-state index contributed by atoms with van der Waals surface area (Å²) in [4.78, 5) is 43.8. The number of phenols is 1. The normalized spacial score (nSPS) is 13.7. The van der Waals surface area contributed by atoms with Gasteiger partial charge in [-0.05, 0) is 43.5 Å². The number of carbonyl (C=O) groups is 3. The quantitative estimate of drug-likeness (QED) is 0.198. The SMILES string of the molecule is NCCCC[C@H](NC(=O)[C@@H](N)Cc1cnc[nH]1)C(=O)N[C@@H](Cc1ccc(O)cc1)C(=O)O. The first kappa shape index (κ1) is 24.8. The number of rotatable bonds is 13. The minimum Gasteiger partial charge on any atom is -0.508 e. The summed E-state index contributed by atoms with van der Waals surface area (Å²) in [6.07, 6.45) is 4.77. The molecule has 0 aliphatic carbocycles. The number of carboxylic acid groups (broad SMARTS) is 1. The van der Waals surface area contributed by atoms with E-state index in [0.29, 0.717) is 30.6 Å². The van der Waals surface area contributed by atoms with Crippen LogP contribution in [0.2, 0.25) is 0 Å². The highest BCUT2D eigenvalue weighted by molar-refractivity contribution is 5.91. The van der Waals surface area contributed by atoms with Gasteiger partial charge in [0.25, 0.3) is 0 Å². The highest BCUT2D eigenvalue weighted by Crippen LogP contribution is 2.12. The second-order valence-electron chi connectivity index (χ2n) is 7.50. The lowest BCUT2D eigenvalue weighted by Crippen LogP contribution is -2.55. The first-order chi connectivity index (χ1) is 15.3. The zero-order chi connectivity index (χ0) is 23.5. The Labute approximate surface area is 185 Å². The van der Waals surface area contributed by atoms with Crippen LogP contribution in [0.15, 0.2) is 36.8 Å². The fourth-order valence-corrected chi connectivity index (χ4v) is 3.11. The molecule has 0 radical (unpaired) electrons. The zero-order valence-electron chi connectivity index (χ0n) is 17.7. The van der Waals surface area contributed by atoms with Crippen molar-refractivity contribution in [3.05, 3.63) is 48.0 Å². The van der Waals surface area contributed by atoms with Gasteiger partial charge in [-0.15, -0.1) is 0 Å². The number of amides is 2. The first-order valence-electron chi connectivity index (χ1n) is 10.3. The van der Waals surface area contributed by atoms with E-state index in [1.165, 1.54) is 18.5 Å². The van der Waals surface area contributed by atoms with Crippen molar-refractivity contribution in [3.8, 4) is 5.75 Å². The maximum Gasteiger partial charge on any atom is 0.326 e. The van der Waals surface area contributed by atoms with Crippen LogP contribution in [0.5, 0.6) is 5.75 Å². The van der Waals surface area contributed by atoms with Gasteiger partial charge in [0.15, 0.2) is 0 Å². The van der Waals surface area contributed by atoms with E-state index in [-0.39, 0.29) is 25.0 Å². The number of benzene rings is 1. The molecule has 2 rings (SSSR count). The van der Waals surface area contributed by atoms with E-state index in [0.717, 1.165) is 0 Å². The fourth-order valence-electron chi connectivity index (χ4n) is 3.11. The topological polar surface area (TPSA) is 196 Å². The van der Waals surface area contributed by atoms with Crippen molar-refractivity contribution in [2.24, 2.45) is 11.5 Å². The molecule has 11 heteroatoms. The third-order valence-electron chi connectivity index (χ3n) is 4.90. The van der Waals surface area contributed by atoms with E-state index < -0.39 is 35.9 Å². The van der Waals surface area contributed by atoms with Crippen LogP contribution in [0.3, 0.4) is 0 Å². The molecule has 174 valence electrons. The van der Waals surface area contributed by atoms with Gasteiger partial charge < -0.3 is 37.3 Å². The van der Waals surface area contributed by atoms with Crippen LogP contribution < -0.4 is 22.1 Å². The number of aliphatic carboxylic acids is 1. The summed E-state index contributed by atoms with van der Waals surface area (Å²) in [5.74, 6) is -2.30. The summed E-state index contributed by atoms with van der Waals surface area (Å²) in [6, 6.07) is 2.95. The van der Waals surface area contributed by atoms with Gasteiger partial charge >= 0.3 is 5.97 Å². The molecule has 1 heterocycles. The summed E-state index contributed by atoms with van der Waals surface area (Å²) < 4.78 is 0. The van der Waals surface area contributed by atoms with E-state index >= 15 is 0 Å². The third-order valence-corrected chi connectivity index (χ3v) is 4.90. The molecule has 0 saturated heterocycles. The molecule has 0 spiro atoms. The Hall–Kier alpha value is -3.44. The number of aromatic amines is 1. The Balaban J connectivity index is 2.03. The molecule has 0 aliphatic heterocycles. The van der Waals surface area contributed by atoms with Gasteiger partial charge in [-0.2, -0.15) is 0 Å². The number of aromatic hydroxyl groups is 1. The smallest absolute Gasteiger partial charge is 0.326 e. The van der Waals surface area contributed by atoms with Crippen LogP contribution >= 0.6 is 0 Å². The maximum atomic E-state index is 12.9. The predicted octanol–water partition coefficient (Wildman–Crippen LogP) is -0.589. The summed E-state index contributed by atoms with van der Waals surface area (Å²) >= 11 is 0. The van der Waals surface area contributed by atoms with Crippen LogP contribution in [-0.4, -0.2) is 62.6 Å². The van der Waals surface area contributed by atoms with Gasteiger partial charge in [-0.25, -0.2) is 9.78 Å². The molecule has 0 aliphatic rings. The number of nitrogens with one attached hydrogen (secondary N) is 3. The van der Waals surface area contributed by atoms with Crippen molar-refractivity contribution in [3.63, 3.8) is 0 Å². The second-order valence-corrected chi connectivity index (χ2v) is 7.50. The Bertz CT molecular complexity index is 871. The van der Waals surface area contributed by atoms with Gasteiger partial charge in [-0.1, -0.05) is 12.1 Å². The number of carboxylic acids is 1. The van der Waals surface area contributed by atoms with Gasteiger partial charge in [-0.3, -0.25) is 9.59 Å². The first-order valence-corrected chi connectivity index (χ1v) is 10.3. The lowest BCUT2D eigenvalue weighted by molar-refractivity contribution is -0.142. The summed E-state index contributed by atoms with van der Waals surface area (Å²) in [7, 11) is 0. The van der Waals surface area contributed by atoms with Crippen LogP contribution in [0, 0.1) is 0 Å². The van der Waals surface area contributed by atoms with Crippen LogP contribution in [0.4, 0.5) is 0 Å². The average Bonchev–Trinajstić information content (AvgIpc) is 3.26. The van der Waals surface area contributed by atoms with E-state index in [9.17, 15) is 24.6 Å². The molecular formula is C21H30N6O5. The van der Waals surface area contributed by atoms with Crippen LogP contribution in [0.25, 0.3) is 0 Å². The number of nitrogens with zero attached hydrogens (tertiary/aromatic N) is 1. The van der Waals surface area contributed by atoms with Crippen molar-refractivity contribution in [1.29, 1.82) is 0 Å². The van der Waals surface area contributed by atoms with Gasteiger partial charge in [0.05, 0.1) is 12.4 Å². The number of hydrogen-bond acceptors (Lipinski definition) is 7. The summed E-state index contributed by atoms with van der Waals surface area (Å²) in [5.41, 5.74) is 12.8. The number of hydrogen-bond donors (Lipinski definition) is 7. The number of unbranched alkanes of at least 4 members (excludes halogenated alkanes) is 1. The highest BCUT2D eigenvalue weighted by Gasteiger charge is 2.28. The van der Waals surface area contributed by atoms with Gasteiger partial charge in [0.2, 0.25) is 11.8 Å². The minimum absolute atomic E-state index is 0.0180. The molecule has 1 aromatic heterocycles. The van der Waals surface area contributed by atoms with E-state index in [1.807, 2.05) is 0 Å². The minimum atomic E-state index is -1.21. The molecule has 0 unspecified atom stereocenters. The molecule has 0 fully saturated rings. The Morgan fingerprint density at radius 3 is 2.31 bits per heavy atom. The molecule has 0 saturated carbocycles. The van der Waals surface area contributed by atoms with Gasteiger partial charge in [0, 0.05) is 24.7 Å². The van der Waals surface area contributed by atoms with Crippen molar-refractivity contribution < 1.29 is 24.6 Å². The van der Waals surface area contributed by atoms with Crippen molar-refractivity contribution in [1.82, 2.24) is 20.6 Å². The van der Waals surface area contributed by atoms with E-state index in [2.05, 4.69) is 20.6 Å². The number of aromatic nitrogens is 2. The molecular weight excluding hydrogens is 416 g/mol. The monoisotopic (exact) mass is 446 g/mol. The fraction of sp³-hybridized carbons (Fsp3) is 0.429. The Morgan fingerprint density at radius 1 is 1.03 bits per heavy atom. The molecule has 0 bridgehead atoms. The standard InChI is InChI=1S/C21H30N6O5/c22-8-2-1-3-17(26-19(29)16(23)10-14-11-24-12-25-14)20(30)27-18(21(31)32)9-13-4-6-15(28)7-5-13/h4-7,11-12,16-18,28H,1-3,8-10,22-23H2,(H,24,25)(H,26,29)(H,27,30)(H,31,32)/t16-,17-,18-/m0/s1. The average molecular weight is 447 g/mol. The molecule has 11 nitrogen and oxygen atoms in total. The summed E-state index contributed by atoms with van der Waals surface area (Å²) in [5, 5.41) is 24.0. The Kier molecular flexibility index (Phi) is 9.64. The molecule has 2 amide bonds. The molecule has 32 heavy (non-hydrogen) atoms. The molecule has 2 aromatic rings. The van der Waals surface area contributed by atoms with Gasteiger partial charge in [0.1, 0.15) is 17.8 Å². The van der Waals surface area contributed by atoms with Crippen LogP contribution in [0.1, 0.15) is 30.5 Å². The number of imidazole rings is 1. The molecule has 9 N–H and O–H groups in total. The maximum absolute atomic E-state index is 12.9. The lowest BCUT2D eigenvalue weighted by Gasteiger charge is -2.23. The number of H-pyrrole nitrogens is 1.